The molecule has 2 fully saturated rings. The molecule has 0 spiro atoms. The first kappa shape index (κ1) is 17.0. The predicted octanol–water partition coefficient (Wildman–Crippen LogP) is 1.72. The van der Waals surface area contributed by atoms with Crippen LogP contribution in [0.3, 0.4) is 0 Å². The van der Waals surface area contributed by atoms with Crippen LogP contribution in [0.5, 0.6) is 0 Å². The molecule has 0 bridgehead atoms. The SMILES string of the molecule is Cc1ccc(S(=O)(=O)CNC(=O)[C@]23CCCC[C@@H]2CC(=O)O3)cc1. The molecule has 1 saturated heterocycles. The van der Waals surface area contributed by atoms with E-state index in [1.165, 1.54) is 12.1 Å². The lowest BCUT2D eigenvalue weighted by atomic mass is 9.75. The van der Waals surface area contributed by atoms with Crippen molar-refractivity contribution in [2.24, 2.45) is 5.92 Å². The van der Waals surface area contributed by atoms with E-state index >= 15 is 0 Å². The summed E-state index contributed by atoms with van der Waals surface area (Å²) in [6, 6.07) is 6.47. The number of hydrogen-bond acceptors (Lipinski definition) is 5. The number of esters is 1. The van der Waals surface area contributed by atoms with E-state index in [1.807, 2.05) is 6.92 Å². The van der Waals surface area contributed by atoms with Gasteiger partial charge in [-0.2, -0.15) is 0 Å². The van der Waals surface area contributed by atoms with E-state index in [9.17, 15) is 18.0 Å². The van der Waals surface area contributed by atoms with Crippen LogP contribution < -0.4 is 5.32 Å². The third-order valence-corrected chi connectivity index (χ3v) is 6.42. The van der Waals surface area contributed by atoms with Gasteiger partial charge in [-0.25, -0.2) is 8.42 Å². The van der Waals surface area contributed by atoms with Crippen molar-refractivity contribution in [3.63, 3.8) is 0 Å². The highest BCUT2D eigenvalue weighted by Crippen LogP contribution is 2.44. The molecule has 7 heteroatoms. The second kappa shape index (κ2) is 6.20. The largest absolute Gasteiger partial charge is 0.449 e. The van der Waals surface area contributed by atoms with Gasteiger partial charge >= 0.3 is 5.97 Å². The van der Waals surface area contributed by atoms with Gasteiger partial charge in [-0.05, 0) is 38.3 Å². The molecule has 1 aromatic carbocycles. The normalized spacial score (nSPS) is 26.5. The molecule has 1 heterocycles. The number of sulfone groups is 1. The number of ether oxygens (including phenoxy) is 1. The second-order valence-corrected chi connectivity index (χ2v) is 8.58. The summed E-state index contributed by atoms with van der Waals surface area (Å²) in [6.45, 7) is 1.87. The molecule has 130 valence electrons. The molecule has 0 unspecified atom stereocenters. The molecule has 1 aromatic rings. The molecule has 1 saturated carbocycles. The lowest BCUT2D eigenvalue weighted by Crippen LogP contribution is -2.53. The molecule has 1 amide bonds. The molecule has 3 rings (SSSR count). The Morgan fingerprint density at radius 2 is 2.00 bits per heavy atom. The van der Waals surface area contributed by atoms with Crippen LogP contribution in [0.1, 0.15) is 37.7 Å². The summed E-state index contributed by atoms with van der Waals surface area (Å²) in [5.74, 6) is -1.52. The Kier molecular flexibility index (Phi) is 4.38. The van der Waals surface area contributed by atoms with E-state index in [4.69, 9.17) is 4.74 Å². The minimum absolute atomic E-state index is 0.152. The van der Waals surface area contributed by atoms with E-state index in [-0.39, 0.29) is 23.2 Å². The van der Waals surface area contributed by atoms with Crippen molar-refractivity contribution in [3.8, 4) is 0 Å². The Balaban J connectivity index is 1.73. The van der Waals surface area contributed by atoms with Gasteiger partial charge in [0.25, 0.3) is 5.91 Å². The molecule has 1 aliphatic heterocycles. The fourth-order valence-corrected chi connectivity index (χ4v) is 4.59. The third kappa shape index (κ3) is 3.05. The number of rotatable bonds is 4. The topological polar surface area (TPSA) is 89.5 Å². The molecule has 0 radical (unpaired) electrons. The summed E-state index contributed by atoms with van der Waals surface area (Å²) < 4.78 is 30.1. The minimum Gasteiger partial charge on any atom is -0.449 e. The lowest BCUT2D eigenvalue weighted by molar-refractivity contribution is -0.163. The van der Waals surface area contributed by atoms with Gasteiger partial charge < -0.3 is 10.1 Å². The number of carbonyl (C=O) groups excluding carboxylic acids is 2. The van der Waals surface area contributed by atoms with Gasteiger partial charge in [0.1, 0.15) is 5.88 Å². The number of nitrogens with one attached hydrogen (secondary N) is 1. The van der Waals surface area contributed by atoms with Crippen molar-refractivity contribution < 1.29 is 22.7 Å². The molecule has 1 aliphatic carbocycles. The van der Waals surface area contributed by atoms with Crippen molar-refractivity contribution in [2.75, 3.05) is 5.88 Å². The molecule has 0 aromatic heterocycles. The van der Waals surface area contributed by atoms with Crippen LogP contribution >= 0.6 is 0 Å². The van der Waals surface area contributed by atoms with Gasteiger partial charge in [0.15, 0.2) is 15.4 Å². The first-order valence-corrected chi connectivity index (χ1v) is 9.78. The van der Waals surface area contributed by atoms with Gasteiger partial charge in [0.05, 0.1) is 11.3 Å². The summed E-state index contributed by atoms with van der Waals surface area (Å²) in [7, 11) is -3.63. The van der Waals surface area contributed by atoms with Crippen LogP contribution in [0.25, 0.3) is 0 Å². The fraction of sp³-hybridized carbons (Fsp3) is 0.529. The Morgan fingerprint density at radius 3 is 2.71 bits per heavy atom. The highest BCUT2D eigenvalue weighted by molar-refractivity contribution is 7.91. The summed E-state index contributed by atoms with van der Waals surface area (Å²) in [6.07, 6.45) is 3.20. The number of carbonyl (C=O) groups is 2. The van der Waals surface area contributed by atoms with E-state index in [0.29, 0.717) is 6.42 Å². The van der Waals surface area contributed by atoms with E-state index in [2.05, 4.69) is 5.32 Å². The number of amides is 1. The smallest absolute Gasteiger partial charge is 0.307 e. The molecular formula is C17H21NO5S. The zero-order chi connectivity index (χ0) is 17.4. The van der Waals surface area contributed by atoms with E-state index in [0.717, 1.165) is 24.8 Å². The molecule has 2 aliphatic rings. The van der Waals surface area contributed by atoms with Crippen molar-refractivity contribution in [1.82, 2.24) is 5.32 Å². The van der Waals surface area contributed by atoms with E-state index < -0.39 is 27.2 Å². The van der Waals surface area contributed by atoms with Crippen LogP contribution in [-0.2, 0) is 24.2 Å². The minimum atomic E-state index is -3.63. The quantitative estimate of drug-likeness (QED) is 0.834. The Bertz CT molecular complexity index is 756. The molecule has 2 atom stereocenters. The van der Waals surface area contributed by atoms with Gasteiger partial charge in [0.2, 0.25) is 0 Å². The Labute approximate surface area is 141 Å². The third-order valence-electron chi connectivity index (χ3n) is 4.91. The monoisotopic (exact) mass is 351 g/mol. The predicted molar refractivity (Wildman–Crippen MR) is 86.8 cm³/mol. The number of benzene rings is 1. The highest BCUT2D eigenvalue weighted by atomic mass is 32.2. The Morgan fingerprint density at radius 1 is 1.29 bits per heavy atom. The maximum absolute atomic E-state index is 12.6. The van der Waals surface area contributed by atoms with Gasteiger partial charge in [-0.1, -0.05) is 24.1 Å². The number of hydrogen-bond donors (Lipinski definition) is 1. The summed E-state index contributed by atoms with van der Waals surface area (Å²) in [4.78, 5) is 24.4. The van der Waals surface area contributed by atoms with Crippen LogP contribution in [0.2, 0.25) is 0 Å². The van der Waals surface area contributed by atoms with Crippen molar-refractivity contribution >= 4 is 21.7 Å². The van der Waals surface area contributed by atoms with Crippen molar-refractivity contribution in [3.05, 3.63) is 29.8 Å². The molecule has 6 nitrogen and oxygen atoms in total. The van der Waals surface area contributed by atoms with E-state index in [1.54, 1.807) is 12.1 Å². The number of aryl methyl sites for hydroxylation is 1. The fourth-order valence-electron chi connectivity index (χ4n) is 3.55. The average molecular weight is 351 g/mol. The van der Waals surface area contributed by atoms with Crippen LogP contribution in [-0.4, -0.2) is 31.8 Å². The summed E-state index contributed by atoms with van der Waals surface area (Å²) >= 11 is 0. The van der Waals surface area contributed by atoms with Gasteiger partial charge in [0, 0.05) is 5.92 Å². The van der Waals surface area contributed by atoms with Crippen molar-refractivity contribution in [1.29, 1.82) is 0 Å². The van der Waals surface area contributed by atoms with Gasteiger partial charge in [-0.15, -0.1) is 0 Å². The van der Waals surface area contributed by atoms with Crippen molar-refractivity contribution in [2.45, 2.75) is 49.5 Å². The molecular weight excluding hydrogens is 330 g/mol. The molecule has 24 heavy (non-hydrogen) atoms. The summed E-state index contributed by atoms with van der Waals surface area (Å²) in [5.41, 5.74) is -0.224. The second-order valence-electron chi connectivity index (χ2n) is 6.59. The summed E-state index contributed by atoms with van der Waals surface area (Å²) in [5, 5.41) is 2.48. The lowest BCUT2D eigenvalue weighted by Gasteiger charge is -2.35. The van der Waals surface area contributed by atoms with Crippen LogP contribution in [0.4, 0.5) is 0 Å². The van der Waals surface area contributed by atoms with Gasteiger partial charge in [-0.3, -0.25) is 9.59 Å². The average Bonchev–Trinajstić information content (AvgIpc) is 2.90. The van der Waals surface area contributed by atoms with Crippen LogP contribution in [0, 0.1) is 12.8 Å². The number of fused-ring (bicyclic) bond motifs is 1. The maximum Gasteiger partial charge on any atom is 0.307 e. The maximum atomic E-state index is 12.6. The zero-order valence-corrected chi connectivity index (χ0v) is 14.4. The van der Waals surface area contributed by atoms with Crippen LogP contribution in [0.15, 0.2) is 29.2 Å². The molecule has 1 N–H and O–H groups in total. The zero-order valence-electron chi connectivity index (χ0n) is 13.6. The Hall–Kier alpha value is -1.89. The highest BCUT2D eigenvalue weighted by Gasteiger charge is 2.55. The standard InChI is InChI=1S/C17H21NO5S/c1-12-5-7-14(8-6-12)24(21,22)11-18-16(20)17-9-3-2-4-13(17)10-15(19)23-17/h5-8,13H,2-4,9-11H2,1H3,(H,18,20)/t13-,17+/m1/s1. The first-order valence-electron chi connectivity index (χ1n) is 8.13. The first-order chi connectivity index (χ1) is 11.3.